The molecule has 0 unspecified atom stereocenters. The van der Waals surface area contributed by atoms with Crippen LogP contribution in [0, 0.1) is 6.92 Å². The highest BCUT2D eigenvalue weighted by atomic mass is 35.5. The van der Waals surface area contributed by atoms with E-state index >= 15 is 0 Å². The number of hydrogen-bond acceptors (Lipinski definition) is 5. The molecular formula is C11H12ClN3O2S. The molecule has 0 radical (unpaired) electrons. The van der Waals surface area contributed by atoms with Crippen molar-refractivity contribution in [3.8, 4) is 0 Å². The molecule has 0 atom stereocenters. The summed E-state index contributed by atoms with van der Waals surface area (Å²) in [4.78, 5) is 12.2. The lowest BCUT2D eigenvalue weighted by molar-refractivity contribution is 0.0470. The molecule has 0 amide bonds. The highest BCUT2D eigenvalue weighted by Gasteiger charge is 2.16. The van der Waals surface area contributed by atoms with E-state index in [0.29, 0.717) is 27.0 Å². The summed E-state index contributed by atoms with van der Waals surface area (Å²) in [6, 6.07) is 1.67. The van der Waals surface area contributed by atoms with Gasteiger partial charge in [-0.15, -0.1) is 11.3 Å². The van der Waals surface area contributed by atoms with Crippen molar-refractivity contribution in [2.75, 3.05) is 5.73 Å². The summed E-state index contributed by atoms with van der Waals surface area (Å²) in [6.45, 7) is 1.87. The number of hydrogen-bond donors (Lipinski definition) is 1. The molecule has 0 bridgehead atoms. The molecule has 5 nitrogen and oxygen atoms in total. The molecule has 0 saturated heterocycles. The Morgan fingerprint density at radius 1 is 1.67 bits per heavy atom. The van der Waals surface area contributed by atoms with E-state index in [-0.39, 0.29) is 6.61 Å². The predicted octanol–water partition coefficient (Wildman–Crippen LogP) is 2.38. The van der Waals surface area contributed by atoms with Crippen LogP contribution in [-0.4, -0.2) is 15.7 Å². The predicted molar refractivity (Wildman–Crippen MR) is 70.8 cm³/mol. The zero-order chi connectivity index (χ0) is 13.3. The first-order chi connectivity index (χ1) is 8.50. The fourth-order valence-electron chi connectivity index (χ4n) is 1.52. The second-order valence-corrected chi connectivity index (χ2v) is 5.04. The molecule has 0 fully saturated rings. The van der Waals surface area contributed by atoms with Crippen LogP contribution in [0.4, 0.5) is 5.69 Å². The summed E-state index contributed by atoms with van der Waals surface area (Å²) in [6.07, 6.45) is 0. The molecule has 0 aromatic carbocycles. The third kappa shape index (κ3) is 2.34. The quantitative estimate of drug-likeness (QED) is 0.879. The molecule has 2 N–H and O–H groups in total. The largest absolute Gasteiger partial charge is 0.455 e. The van der Waals surface area contributed by atoms with Crippen LogP contribution < -0.4 is 5.73 Å². The number of ether oxygens (including phenoxy) is 1. The van der Waals surface area contributed by atoms with Gasteiger partial charge in [0.2, 0.25) is 0 Å². The van der Waals surface area contributed by atoms with E-state index in [4.69, 9.17) is 22.1 Å². The smallest absolute Gasteiger partial charge is 0.350 e. The monoisotopic (exact) mass is 285 g/mol. The third-order valence-corrected chi connectivity index (χ3v) is 3.88. The molecule has 96 valence electrons. The van der Waals surface area contributed by atoms with Gasteiger partial charge in [-0.25, -0.2) is 4.79 Å². The van der Waals surface area contributed by atoms with Crippen LogP contribution in [0.1, 0.15) is 21.1 Å². The van der Waals surface area contributed by atoms with Crippen LogP contribution in [0.15, 0.2) is 11.4 Å². The van der Waals surface area contributed by atoms with Crippen molar-refractivity contribution in [2.24, 2.45) is 7.05 Å². The van der Waals surface area contributed by atoms with Gasteiger partial charge < -0.3 is 10.5 Å². The van der Waals surface area contributed by atoms with E-state index in [1.165, 1.54) is 11.3 Å². The first kappa shape index (κ1) is 12.9. The molecule has 7 heteroatoms. The summed E-state index contributed by atoms with van der Waals surface area (Å²) in [5, 5.41) is 6.40. The van der Waals surface area contributed by atoms with Gasteiger partial charge in [0.1, 0.15) is 11.5 Å². The van der Waals surface area contributed by atoms with Crippen LogP contribution in [0.5, 0.6) is 0 Å². The molecule has 2 heterocycles. The van der Waals surface area contributed by atoms with Crippen molar-refractivity contribution < 1.29 is 9.53 Å². The molecule has 2 aromatic heterocycles. The molecule has 0 aliphatic carbocycles. The molecule has 2 rings (SSSR count). The van der Waals surface area contributed by atoms with Crippen molar-refractivity contribution in [2.45, 2.75) is 13.5 Å². The van der Waals surface area contributed by atoms with Crippen molar-refractivity contribution in [3.05, 3.63) is 32.7 Å². The number of aryl methyl sites for hydroxylation is 2. The summed E-state index contributed by atoms with van der Waals surface area (Å²) >= 11 is 7.31. The lowest BCUT2D eigenvalue weighted by Crippen LogP contribution is -2.08. The topological polar surface area (TPSA) is 70.1 Å². The molecule has 0 aliphatic heterocycles. The number of nitrogens with zero attached hydrogens (tertiary/aromatic N) is 2. The highest BCUT2D eigenvalue weighted by molar-refractivity contribution is 7.12. The number of carbonyl (C=O) groups is 1. The highest BCUT2D eigenvalue weighted by Crippen LogP contribution is 2.23. The van der Waals surface area contributed by atoms with Crippen LogP contribution in [-0.2, 0) is 18.4 Å². The fourth-order valence-corrected chi connectivity index (χ4v) is 2.45. The number of nitrogens with two attached hydrogens (primary N) is 1. The number of thiophene rings is 1. The summed E-state index contributed by atoms with van der Waals surface area (Å²) in [5.74, 6) is -0.447. The van der Waals surface area contributed by atoms with E-state index in [1.54, 1.807) is 30.1 Å². The van der Waals surface area contributed by atoms with E-state index in [9.17, 15) is 4.79 Å². The Morgan fingerprint density at radius 3 is 2.89 bits per heavy atom. The lowest BCUT2D eigenvalue weighted by Gasteiger charge is -2.05. The van der Waals surface area contributed by atoms with Gasteiger partial charge in [0.15, 0.2) is 0 Å². The molecule has 0 aliphatic rings. The van der Waals surface area contributed by atoms with Crippen LogP contribution >= 0.6 is 22.9 Å². The van der Waals surface area contributed by atoms with Gasteiger partial charge in [0, 0.05) is 7.05 Å². The average molecular weight is 286 g/mol. The summed E-state index contributed by atoms with van der Waals surface area (Å²) < 4.78 is 6.77. The Morgan fingerprint density at radius 2 is 2.39 bits per heavy atom. The molecule has 18 heavy (non-hydrogen) atoms. The fraction of sp³-hybridized carbons (Fsp3) is 0.273. The number of anilines is 1. The van der Waals surface area contributed by atoms with Crippen molar-refractivity contribution >= 4 is 34.6 Å². The minimum absolute atomic E-state index is 0.0757. The Labute approximate surface area is 113 Å². The number of nitrogen functional groups attached to an aromatic ring is 1. The number of halogens is 1. The van der Waals surface area contributed by atoms with Gasteiger partial charge in [-0.3, -0.25) is 4.68 Å². The van der Waals surface area contributed by atoms with Crippen molar-refractivity contribution in [1.29, 1.82) is 0 Å². The number of esters is 1. The first-order valence-corrected chi connectivity index (χ1v) is 6.44. The van der Waals surface area contributed by atoms with Crippen molar-refractivity contribution in [1.82, 2.24) is 9.78 Å². The maximum Gasteiger partial charge on any atom is 0.350 e. The Hall–Kier alpha value is -1.53. The van der Waals surface area contributed by atoms with Gasteiger partial charge in [0.05, 0.1) is 22.1 Å². The zero-order valence-corrected chi connectivity index (χ0v) is 11.5. The van der Waals surface area contributed by atoms with Gasteiger partial charge in [-0.2, -0.15) is 5.10 Å². The van der Waals surface area contributed by atoms with Gasteiger partial charge >= 0.3 is 5.97 Å². The molecular weight excluding hydrogens is 274 g/mol. The zero-order valence-electron chi connectivity index (χ0n) is 9.94. The van der Waals surface area contributed by atoms with Gasteiger partial charge in [-0.05, 0) is 18.4 Å². The second kappa shape index (κ2) is 4.99. The SMILES string of the molecule is Cc1nn(C)c(COC(=O)c2sccc2N)c1Cl. The molecule has 0 spiro atoms. The van der Waals surface area contributed by atoms with E-state index < -0.39 is 5.97 Å². The lowest BCUT2D eigenvalue weighted by atomic mass is 10.4. The van der Waals surface area contributed by atoms with Crippen molar-refractivity contribution in [3.63, 3.8) is 0 Å². The second-order valence-electron chi connectivity index (χ2n) is 3.75. The van der Waals surface area contributed by atoms with E-state index in [0.717, 1.165) is 0 Å². The Bertz CT molecular complexity index is 591. The number of rotatable bonds is 3. The average Bonchev–Trinajstić information content (AvgIpc) is 2.83. The Kier molecular flexibility index (Phi) is 3.58. The minimum Gasteiger partial charge on any atom is -0.455 e. The number of aromatic nitrogens is 2. The minimum atomic E-state index is -0.447. The standard InChI is InChI=1S/C11H12ClN3O2S/c1-6-9(12)8(15(2)14-6)5-17-11(16)10-7(13)3-4-18-10/h3-4H,5,13H2,1-2H3. The molecule has 2 aromatic rings. The van der Waals surface area contributed by atoms with Crippen LogP contribution in [0.25, 0.3) is 0 Å². The van der Waals surface area contributed by atoms with Gasteiger partial charge in [0.25, 0.3) is 0 Å². The summed E-state index contributed by atoms with van der Waals surface area (Å²) in [7, 11) is 1.75. The first-order valence-electron chi connectivity index (χ1n) is 5.18. The molecule has 0 saturated carbocycles. The van der Waals surface area contributed by atoms with Gasteiger partial charge in [-0.1, -0.05) is 11.6 Å². The Balaban J connectivity index is 2.09. The summed E-state index contributed by atoms with van der Waals surface area (Å²) in [5.41, 5.74) is 7.44. The number of carbonyl (C=O) groups excluding carboxylic acids is 1. The van der Waals surface area contributed by atoms with E-state index in [1.807, 2.05) is 0 Å². The van der Waals surface area contributed by atoms with Crippen LogP contribution in [0.3, 0.4) is 0 Å². The maximum atomic E-state index is 11.8. The van der Waals surface area contributed by atoms with Crippen LogP contribution in [0.2, 0.25) is 5.02 Å². The third-order valence-electron chi connectivity index (χ3n) is 2.48. The van der Waals surface area contributed by atoms with E-state index in [2.05, 4.69) is 5.10 Å². The normalized spacial score (nSPS) is 10.6. The maximum absolute atomic E-state index is 11.8.